The summed E-state index contributed by atoms with van der Waals surface area (Å²) in [5, 5.41) is 2.86. The lowest BCUT2D eigenvalue weighted by Crippen LogP contribution is -2.22. The molecule has 0 aromatic heterocycles. The largest absolute Gasteiger partial charge is 0.308 e. The third-order valence-corrected chi connectivity index (χ3v) is 2.51. The highest BCUT2D eigenvalue weighted by molar-refractivity contribution is 5.11. The summed E-state index contributed by atoms with van der Waals surface area (Å²) in [4.78, 5) is 0. The second-order valence-corrected chi connectivity index (χ2v) is 3.21. The topological polar surface area (TPSA) is 12.0 Å². The van der Waals surface area contributed by atoms with Crippen molar-refractivity contribution in [3.05, 3.63) is 0 Å². The first-order valence-corrected chi connectivity index (χ1v) is 3.84. The van der Waals surface area contributed by atoms with Gasteiger partial charge in [-0.05, 0) is 19.4 Å². The van der Waals surface area contributed by atoms with E-state index in [1.807, 2.05) is 0 Å². The molecule has 0 bridgehead atoms. The maximum absolute atomic E-state index is 12.6. The molecule has 2 aliphatic rings. The van der Waals surface area contributed by atoms with Gasteiger partial charge in [0.15, 0.2) is 0 Å². The Bertz CT molecular complexity index is 133. The van der Waals surface area contributed by atoms with Gasteiger partial charge in [-0.25, -0.2) is 8.78 Å². The second kappa shape index (κ2) is 1.91. The van der Waals surface area contributed by atoms with E-state index in [0.29, 0.717) is 6.42 Å². The van der Waals surface area contributed by atoms with E-state index in [4.69, 9.17) is 0 Å². The zero-order chi connectivity index (χ0) is 7.19. The van der Waals surface area contributed by atoms with E-state index < -0.39 is 12.0 Å². The third kappa shape index (κ3) is 0.764. The van der Waals surface area contributed by atoms with Crippen molar-refractivity contribution in [3.8, 4) is 0 Å². The van der Waals surface area contributed by atoms with Gasteiger partial charge in [0.05, 0.1) is 6.04 Å². The van der Waals surface area contributed by atoms with Gasteiger partial charge in [-0.15, -0.1) is 0 Å². The van der Waals surface area contributed by atoms with Gasteiger partial charge in [0, 0.05) is 5.92 Å². The summed E-state index contributed by atoms with van der Waals surface area (Å²) >= 11 is 0. The minimum Gasteiger partial charge on any atom is -0.308 e. The zero-order valence-corrected chi connectivity index (χ0v) is 5.74. The van der Waals surface area contributed by atoms with Crippen molar-refractivity contribution >= 4 is 0 Å². The van der Waals surface area contributed by atoms with Gasteiger partial charge in [-0.1, -0.05) is 6.42 Å². The van der Waals surface area contributed by atoms with Crippen molar-refractivity contribution in [2.24, 2.45) is 5.92 Å². The van der Waals surface area contributed by atoms with Crippen LogP contribution in [-0.4, -0.2) is 18.5 Å². The molecule has 0 amide bonds. The minimum atomic E-state index is -2.37. The summed E-state index contributed by atoms with van der Waals surface area (Å²) in [7, 11) is 0. The van der Waals surface area contributed by atoms with Crippen LogP contribution in [0.1, 0.15) is 19.3 Å². The van der Waals surface area contributed by atoms with E-state index in [2.05, 4.69) is 5.32 Å². The molecule has 10 heavy (non-hydrogen) atoms. The average molecular weight is 147 g/mol. The van der Waals surface area contributed by atoms with Gasteiger partial charge >= 0.3 is 0 Å². The van der Waals surface area contributed by atoms with Crippen LogP contribution >= 0.6 is 0 Å². The maximum Gasteiger partial charge on any atom is 0.268 e. The predicted octanol–water partition coefficient (Wildman–Crippen LogP) is 1.39. The van der Waals surface area contributed by atoms with Crippen LogP contribution in [-0.2, 0) is 0 Å². The molecule has 2 rings (SSSR count). The number of hydrogen-bond donors (Lipinski definition) is 1. The van der Waals surface area contributed by atoms with E-state index in [1.165, 1.54) is 0 Å². The molecular formula is C7H11F2N. The number of rotatable bonds is 0. The zero-order valence-electron chi connectivity index (χ0n) is 5.74. The van der Waals surface area contributed by atoms with Crippen LogP contribution in [0, 0.1) is 5.92 Å². The summed E-state index contributed by atoms with van der Waals surface area (Å²) in [5.41, 5.74) is 0. The Balaban J connectivity index is 2.01. The van der Waals surface area contributed by atoms with Crippen LogP contribution in [0.2, 0.25) is 0 Å². The Morgan fingerprint density at radius 1 is 1.30 bits per heavy atom. The Morgan fingerprint density at radius 2 is 2.10 bits per heavy atom. The fourth-order valence-corrected chi connectivity index (χ4v) is 1.77. The normalized spacial score (nSPS) is 43.8. The number of halogens is 2. The monoisotopic (exact) mass is 147 g/mol. The van der Waals surface area contributed by atoms with Crippen LogP contribution in [0.4, 0.5) is 8.78 Å². The predicted molar refractivity (Wildman–Crippen MR) is 34.1 cm³/mol. The first-order valence-electron chi connectivity index (χ1n) is 3.84. The molecule has 0 aromatic carbocycles. The van der Waals surface area contributed by atoms with Gasteiger partial charge in [0.2, 0.25) is 0 Å². The van der Waals surface area contributed by atoms with E-state index in [9.17, 15) is 8.78 Å². The first-order chi connectivity index (χ1) is 4.73. The van der Waals surface area contributed by atoms with Crippen molar-refractivity contribution in [2.75, 3.05) is 6.54 Å². The van der Waals surface area contributed by atoms with Gasteiger partial charge in [-0.3, -0.25) is 0 Å². The lowest BCUT2D eigenvalue weighted by molar-refractivity contribution is 0.0854. The van der Waals surface area contributed by atoms with E-state index in [1.54, 1.807) is 0 Å². The van der Waals surface area contributed by atoms with Crippen molar-refractivity contribution in [3.63, 3.8) is 0 Å². The number of fused-ring (bicyclic) bond motifs is 1. The molecule has 0 unspecified atom stereocenters. The van der Waals surface area contributed by atoms with Crippen molar-refractivity contribution < 1.29 is 8.78 Å². The van der Waals surface area contributed by atoms with E-state index in [-0.39, 0.29) is 5.92 Å². The number of nitrogens with one attached hydrogen (secondary N) is 1. The molecule has 58 valence electrons. The highest BCUT2D eigenvalue weighted by atomic mass is 19.3. The van der Waals surface area contributed by atoms with Crippen LogP contribution in [0.15, 0.2) is 0 Å². The molecule has 1 N–H and O–H groups in total. The number of hydrogen-bond acceptors (Lipinski definition) is 1. The van der Waals surface area contributed by atoms with Crippen molar-refractivity contribution in [1.82, 2.24) is 5.32 Å². The molecule has 1 nitrogen and oxygen atoms in total. The smallest absolute Gasteiger partial charge is 0.268 e. The summed E-state index contributed by atoms with van der Waals surface area (Å²) in [6.45, 7) is 0.775. The molecule has 2 atom stereocenters. The SMILES string of the molecule is FC1(F)[C@@H]2CCCCN[C@@H]21. The minimum absolute atomic E-state index is 0.338. The molecule has 0 aromatic rings. The lowest BCUT2D eigenvalue weighted by atomic mass is 10.2. The molecule has 1 saturated carbocycles. The average Bonchev–Trinajstić information content (AvgIpc) is 2.47. The summed E-state index contributed by atoms with van der Waals surface area (Å²) in [6, 6.07) is -0.477. The molecule has 1 heterocycles. The molecule has 3 heteroatoms. The molecule has 2 fully saturated rings. The lowest BCUT2D eigenvalue weighted by Gasteiger charge is -2.00. The highest BCUT2D eigenvalue weighted by Crippen LogP contribution is 2.52. The van der Waals surface area contributed by atoms with Crippen molar-refractivity contribution in [1.29, 1.82) is 0 Å². The molecule has 1 aliphatic carbocycles. The summed E-state index contributed by atoms with van der Waals surface area (Å²) in [5.74, 6) is -2.71. The number of alkyl halides is 2. The fraction of sp³-hybridized carbons (Fsp3) is 1.00. The molecule has 0 spiro atoms. The quantitative estimate of drug-likeness (QED) is 0.546. The van der Waals surface area contributed by atoms with Crippen LogP contribution in [0.3, 0.4) is 0 Å². The highest BCUT2D eigenvalue weighted by Gasteiger charge is 2.67. The standard InChI is InChI=1S/C7H11F2N/c8-7(9)5-3-1-2-4-10-6(5)7/h5-6,10H,1-4H2/t5-,6+/m1/s1. The van der Waals surface area contributed by atoms with Gasteiger partial charge in [0.1, 0.15) is 0 Å². The van der Waals surface area contributed by atoms with Crippen LogP contribution in [0.5, 0.6) is 0 Å². The molecule has 1 aliphatic heterocycles. The Hall–Kier alpha value is -0.180. The summed E-state index contributed by atoms with van der Waals surface area (Å²) < 4.78 is 25.2. The van der Waals surface area contributed by atoms with Crippen molar-refractivity contribution in [2.45, 2.75) is 31.2 Å². The second-order valence-electron chi connectivity index (χ2n) is 3.21. The third-order valence-electron chi connectivity index (χ3n) is 2.51. The maximum atomic E-state index is 12.6. The molecule has 0 radical (unpaired) electrons. The Morgan fingerprint density at radius 3 is 2.90 bits per heavy atom. The van der Waals surface area contributed by atoms with Crippen LogP contribution in [0.25, 0.3) is 0 Å². The van der Waals surface area contributed by atoms with Gasteiger partial charge in [-0.2, -0.15) is 0 Å². The van der Waals surface area contributed by atoms with E-state index in [0.717, 1.165) is 19.4 Å². The van der Waals surface area contributed by atoms with E-state index >= 15 is 0 Å². The van der Waals surface area contributed by atoms with Crippen LogP contribution < -0.4 is 5.32 Å². The Kier molecular flexibility index (Phi) is 1.24. The first kappa shape index (κ1) is 6.53. The molecule has 1 saturated heterocycles. The Labute approximate surface area is 58.8 Å². The molecular weight excluding hydrogens is 136 g/mol. The summed E-state index contributed by atoms with van der Waals surface area (Å²) in [6.07, 6.45) is 2.73. The van der Waals surface area contributed by atoms with Gasteiger partial charge in [0.25, 0.3) is 5.92 Å². The fourth-order valence-electron chi connectivity index (χ4n) is 1.77. The van der Waals surface area contributed by atoms with Gasteiger partial charge < -0.3 is 5.32 Å².